The second-order valence-electron chi connectivity index (χ2n) is 7.25. The van der Waals surface area contributed by atoms with E-state index in [-0.39, 0.29) is 0 Å². The van der Waals surface area contributed by atoms with Gasteiger partial charge in [-0.05, 0) is 34.9 Å². The molecule has 0 aliphatic carbocycles. The van der Waals surface area contributed by atoms with Gasteiger partial charge in [0.1, 0.15) is 5.82 Å². The number of hydrogen-bond acceptors (Lipinski definition) is 2. The molecule has 4 aromatic rings. The average molecular weight is 370 g/mol. The Kier molecular flexibility index (Phi) is 4.70. The van der Waals surface area contributed by atoms with Gasteiger partial charge in [0.05, 0.1) is 16.6 Å². The van der Waals surface area contributed by atoms with Crippen LogP contribution in [0.15, 0.2) is 72.8 Å². The van der Waals surface area contributed by atoms with Crippen LogP contribution in [0.1, 0.15) is 41.5 Å². The summed E-state index contributed by atoms with van der Waals surface area (Å²) >= 11 is 0. The number of benzene rings is 3. The first-order valence-corrected chi connectivity index (χ1v) is 9.41. The Labute approximate surface area is 164 Å². The number of carboxylic acid groups (broad SMARTS) is 1. The van der Waals surface area contributed by atoms with E-state index in [0.717, 1.165) is 40.1 Å². The van der Waals surface area contributed by atoms with Crippen LogP contribution in [0.25, 0.3) is 22.2 Å². The Balaban J connectivity index is 1.69. The van der Waals surface area contributed by atoms with Gasteiger partial charge in [-0.1, -0.05) is 68.4 Å². The van der Waals surface area contributed by atoms with Crippen molar-refractivity contribution in [3.8, 4) is 11.1 Å². The van der Waals surface area contributed by atoms with Crippen LogP contribution in [0.4, 0.5) is 0 Å². The monoisotopic (exact) mass is 370 g/mol. The van der Waals surface area contributed by atoms with E-state index in [0.29, 0.717) is 11.5 Å². The summed E-state index contributed by atoms with van der Waals surface area (Å²) in [4.78, 5) is 16.3. The van der Waals surface area contributed by atoms with Crippen LogP contribution in [0, 0.1) is 0 Å². The predicted molar refractivity (Wildman–Crippen MR) is 112 cm³/mol. The van der Waals surface area contributed by atoms with Gasteiger partial charge in [0, 0.05) is 12.5 Å². The highest BCUT2D eigenvalue weighted by Gasteiger charge is 2.14. The molecule has 0 aliphatic rings. The van der Waals surface area contributed by atoms with Crippen molar-refractivity contribution in [1.29, 1.82) is 0 Å². The third kappa shape index (κ3) is 3.29. The summed E-state index contributed by atoms with van der Waals surface area (Å²) in [5.41, 5.74) is 5.25. The fourth-order valence-corrected chi connectivity index (χ4v) is 3.59. The quantitative estimate of drug-likeness (QED) is 0.499. The maximum absolute atomic E-state index is 11.5. The zero-order chi connectivity index (χ0) is 19.7. The minimum atomic E-state index is -0.911. The number of aromatic nitrogens is 2. The second-order valence-corrected chi connectivity index (χ2v) is 7.25. The molecule has 1 N–H and O–H groups in total. The summed E-state index contributed by atoms with van der Waals surface area (Å²) in [5.74, 6) is 0.488. The normalized spacial score (nSPS) is 11.2. The first kappa shape index (κ1) is 18.0. The molecular formula is C24H22N2O2. The Morgan fingerprint density at radius 1 is 0.964 bits per heavy atom. The number of imidazole rings is 1. The van der Waals surface area contributed by atoms with Crippen molar-refractivity contribution >= 4 is 17.0 Å². The van der Waals surface area contributed by atoms with E-state index in [2.05, 4.69) is 36.6 Å². The summed E-state index contributed by atoms with van der Waals surface area (Å²) in [7, 11) is 0. The zero-order valence-electron chi connectivity index (χ0n) is 16.0. The van der Waals surface area contributed by atoms with Crippen LogP contribution in [0.5, 0.6) is 0 Å². The summed E-state index contributed by atoms with van der Waals surface area (Å²) < 4.78 is 2.26. The van der Waals surface area contributed by atoms with Gasteiger partial charge in [0.2, 0.25) is 0 Å². The fraction of sp³-hybridized carbons (Fsp3) is 0.167. The lowest BCUT2D eigenvalue weighted by Crippen LogP contribution is -2.06. The van der Waals surface area contributed by atoms with E-state index in [1.54, 1.807) is 12.1 Å². The van der Waals surface area contributed by atoms with Crippen molar-refractivity contribution in [3.63, 3.8) is 0 Å². The third-order valence-corrected chi connectivity index (χ3v) is 4.96. The lowest BCUT2D eigenvalue weighted by atomic mass is 9.98. The van der Waals surface area contributed by atoms with Crippen LogP contribution in [0.2, 0.25) is 0 Å². The van der Waals surface area contributed by atoms with Gasteiger partial charge >= 0.3 is 5.97 Å². The molecule has 0 saturated carbocycles. The van der Waals surface area contributed by atoms with Crippen molar-refractivity contribution in [2.75, 3.05) is 0 Å². The number of aromatic carboxylic acids is 1. The predicted octanol–water partition coefficient (Wildman–Crippen LogP) is 5.57. The van der Waals surface area contributed by atoms with Crippen molar-refractivity contribution in [3.05, 3.63) is 89.7 Å². The summed E-state index contributed by atoms with van der Waals surface area (Å²) in [6.07, 6.45) is 0. The van der Waals surface area contributed by atoms with E-state index >= 15 is 0 Å². The second kappa shape index (κ2) is 7.31. The zero-order valence-corrected chi connectivity index (χ0v) is 16.0. The highest BCUT2D eigenvalue weighted by Crippen LogP contribution is 2.26. The maximum atomic E-state index is 11.5. The molecule has 4 rings (SSSR count). The van der Waals surface area contributed by atoms with Crippen LogP contribution >= 0.6 is 0 Å². The maximum Gasteiger partial charge on any atom is 0.336 e. The number of carboxylic acids is 1. The standard InChI is InChI=1S/C24H22N2O2/c1-16(2)23-25-21-9-5-6-10-22(21)26(23)15-17-11-13-18(14-12-17)19-7-3-4-8-20(19)24(27)28/h3-14,16H,15H2,1-2H3,(H,27,28). The molecule has 0 fully saturated rings. The molecule has 140 valence electrons. The van der Waals surface area contributed by atoms with Crippen LogP contribution in [-0.4, -0.2) is 20.6 Å². The minimum absolute atomic E-state index is 0.318. The van der Waals surface area contributed by atoms with E-state index < -0.39 is 5.97 Å². The van der Waals surface area contributed by atoms with Gasteiger partial charge in [0.25, 0.3) is 0 Å². The molecule has 0 spiro atoms. The van der Waals surface area contributed by atoms with Crippen molar-refractivity contribution in [2.45, 2.75) is 26.3 Å². The van der Waals surface area contributed by atoms with Gasteiger partial charge in [-0.3, -0.25) is 0 Å². The van der Waals surface area contributed by atoms with Gasteiger partial charge in [-0.25, -0.2) is 9.78 Å². The van der Waals surface area contributed by atoms with Crippen LogP contribution in [0.3, 0.4) is 0 Å². The number of carbonyl (C=O) groups is 1. The van der Waals surface area contributed by atoms with Gasteiger partial charge in [-0.15, -0.1) is 0 Å². The number of nitrogens with zero attached hydrogens (tertiary/aromatic N) is 2. The van der Waals surface area contributed by atoms with Gasteiger partial charge < -0.3 is 9.67 Å². The molecule has 0 atom stereocenters. The number of fused-ring (bicyclic) bond motifs is 1. The molecule has 0 amide bonds. The Bertz CT molecular complexity index is 1140. The Morgan fingerprint density at radius 2 is 1.64 bits per heavy atom. The summed E-state index contributed by atoms with van der Waals surface area (Å²) in [5, 5.41) is 9.43. The van der Waals surface area contributed by atoms with Crippen molar-refractivity contribution in [1.82, 2.24) is 9.55 Å². The van der Waals surface area contributed by atoms with Crippen LogP contribution in [-0.2, 0) is 6.54 Å². The molecule has 0 radical (unpaired) electrons. The average Bonchev–Trinajstić information content (AvgIpc) is 3.07. The number of para-hydroxylation sites is 2. The molecule has 3 aromatic carbocycles. The smallest absolute Gasteiger partial charge is 0.336 e. The summed E-state index contributed by atoms with van der Waals surface area (Å²) in [6, 6.07) is 23.4. The Morgan fingerprint density at radius 3 is 2.36 bits per heavy atom. The van der Waals surface area contributed by atoms with E-state index in [9.17, 15) is 9.90 Å². The van der Waals surface area contributed by atoms with E-state index in [1.807, 2.05) is 42.5 Å². The van der Waals surface area contributed by atoms with Gasteiger partial charge in [0.15, 0.2) is 0 Å². The lowest BCUT2D eigenvalue weighted by molar-refractivity contribution is 0.0697. The highest BCUT2D eigenvalue weighted by molar-refractivity contribution is 5.96. The molecule has 28 heavy (non-hydrogen) atoms. The topological polar surface area (TPSA) is 55.1 Å². The largest absolute Gasteiger partial charge is 0.478 e. The molecule has 0 bridgehead atoms. The van der Waals surface area contributed by atoms with E-state index in [4.69, 9.17) is 4.98 Å². The molecule has 0 aliphatic heterocycles. The van der Waals surface area contributed by atoms with Gasteiger partial charge in [-0.2, -0.15) is 0 Å². The molecule has 1 heterocycles. The first-order valence-electron chi connectivity index (χ1n) is 9.41. The lowest BCUT2D eigenvalue weighted by Gasteiger charge is -2.12. The van der Waals surface area contributed by atoms with E-state index in [1.165, 1.54) is 0 Å². The minimum Gasteiger partial charge on any atom is -0.478 e. The number of hydrogen-bond donors (Lipinski definition) is 1. The molecule has 4 heteroatoms. The molecule has 0 unspecified atom stereocenters. The SMILES string of the molecule is CC(C)c1nc2ccccc2n1Cc1ccc(-c2ccccc2C(=O)O)cc1. The van der Waals surface area contributed by atoms with Crippen molar-refractivity contribution in [2.24, 2.45) is 0 Å². The Hall–Kier alpha value is -3.40. The fourth-order valence-electron chi connectivity index (χ4n) is 3.59. The first-order chi connectivity index (χ1) is 13.5. The molecule has 0 saturated heterocycles. The number of rotatable bonds is 5. The molecular weight excluding hydrogens is 348 g/mol. The van der Waals surface area contributed by atoms with Crippen LogP contribution < -0.4 is 0 Å². The van der Waals surface area contributed by atoms with Crippen molar-refractivity contribution < 1.29 is 9.90 Å². The third-order valence-electron chi connectivity index (χ3n) is 4.96. The summed E-state index contributed by atoms with van der Waals surface area (Å²) in [6.45, 7) is 5.04. The molecule has 4 nitrogen and oxygen atoms in total. The molecule has 1 aromatic heterocycles. The highest BCUT2D eigenvalue weighted by atomic mass is 16.4.